The van der Waals surface area contributed by atoms with E-state index in [9.17, 15) is 0 Å². The summed E-state index contributed by atoms with van der Waals surface area (Å²) < 4.78 is 0. The lowest BCUT2D eigenvalue weighted by Gasteiger charge is -2.29. The second-order valence-electron chi connectivity index (χ2n) is 11.4. The topological polar surface area (TPSA) is 18.5 Å². The van der Waals surface area contributed by atoms with E-state index >= 15 is 0 Å². The van der Waals surface area contributed by atoms with Gasteiger partial charge >= 0.3 is 0 Å². The molecule has 0 amide bonds. The zero-order valence-electron chi connectivity index (χ0n) is 23.5. The Morgan fingerprint density at radius 2 is 1.79 bits per heavy atom. The fourth-order valence-corrected chi connectivity index (χ4v) is 6.41. The summed E-state index contributed by atoms with van der Waals surface area (Å²) in [5, 5.41) is 2.45. The van der Waals surface area contributed by atoms with Gasteiger partial charge in [-0.1, -0.05) is 136 Å². The van der Waals surface area contributed by atoms with Crippen LogP contribution in [0.4, 0.5) is 0 Å². The largest absolute Gasteiger partial charge is 0.269 e. The average molecular weight is 508 g/mol. The fourth-order valence-electron chi connectivity index (χ4n) is 6.41. The van der Waals surface area contributed by atoms with Crippen LogP contribution in [0.2, 0.25) is 0 Å². The number of hydrazine groups is 1. The average Bonchev–Trinajstić information content (AvgIpc) is 3.29. The van der Waals surface area contributed by atoms with Crippen LogP contribution in [-0.2, 0) is 6.54 Å². The first kappa shape index (κ1) is 26.9. The Morgan fingerprint density at radius 3 is 2.58 bits per heavy atom. The van der Waals surface area contributed by atoms with Crippen LogP contribution in [0.5, 0.6) is 0 Å². The molecule has 0 saturated carbocycles. The van der Waals surface area contributed by atoms with E-state index in [2.05, 4.69) is 133 Å². The fraction of sp³-hybridized carbons (Fsp3) is 0.429. The van der Waals surface area contributed by atoms with Crippen LogP contribution in [0.3, 0.4) is 0 Å². The highest BCUT2D eigenvalue weighted by molar-refractivity contribution is 5.35. The minimum atomic E-state index is 0.192. The van der Waals surface area contributed by atoms with E-state index in [-0.39, 0.29) is 12.3 Å². The van der Waals surface area contributed by atoms with Crippen LogP contribution in [0.1, 0.15) is 81.1 Å². The summed E-state index contributed by atoms with van der Waals surface area (Å²) in [4.78, 5) is 2.51. The molecule has 0 spiro atoms. The van der Waals surface area contributed by atoms with Crippen molar-refractivity contribution in [2.75, 3.05) is 7.05 Å². The van der Waals surface area contributed by atoms with Crippen molar-refractivity contribution in [3.05, 3.63) is 119 Å². The number of unbranched alkanes of at least 4 members (excludes halogenated alkanes) is 2. The summed E-state index contributed by atoms with van der Waals surface area (Å²) in [6, 6.07) is 20.2. The summed E-state index contributed by atoms with van der Waals surface area (Å²) in [5.74, 6) is 1.60. The minimum Gasteiger partial charge on any atom is -0.269 e. The molecule has 3 nitrogen and oxygen atoms in total. The summed E-state index contributed by atoms with van der Waals surface area (Å²) in [6.07, 6.45) is 24.0. The summed E-state index contributed by atoms with van der Waals surface area (Å²) in [5.41, 5.74) is 9.65. The normalized spacial score (nSPS) is 26.6. The van der Waals surface area contributed by atoms with Gasteiger partial charge in [0.1, 0.15) is 6.17 Å². The first-order chi connectivity index (χ1) is 18.6. The van der Waals surface area contributed by atoms with E-state index < -0.39 is 0 Å². The maximum Gasteiger partial charge on any atom is 0.103 e. The number of benzene rings is 2. The lowest BCUT2D eigenvalue weighted by atomic mass is 9.81. The first-order valence-corrected chi connectivity index (χ1v) is 14.7. The molecule has 2 aromatic carbocycles. The van der Waals surface area contributed by atoms with Crippen molar-refractivity contribution < 1.29 is 0 Å². The molecule has 1 N–H and O–H groups in total. The summed E-state index contributed by atoms with van der Waals surface area (Å²) >= 11 is 0. The third kappa shape index (κ3) is 6.29. The second-order valence-corrected chi connectivity index (χ2v) is 11.4. The van der Waals surface area contributed by atoms with E-state index in [0.29, 0.717) is 17.8 Å². The Bertz CT molecular complexity index is 1160. The molecular weight excluding hydrogens is 462 g/mol. The van der Waals surface area contributed by atoms with Crippen molar-refractivity contribution in [3.8, 4) is 0 Å². The summed E-state index contributed by atoms with van der Waals surface area (Å²) in [7, 11) is 2.26. The highest BCUT2D eigenvalue weighted by Gasteiger charge is 2.40. The monoisotopic (exact) mass is 507 g/mol. The predicted molar refractivity (Wildman–Crippen MR) is 160 cm³/mol. The van der Waals surface area contributed by atoms with Crippen molar-refractivity contribution in [3.63, 3.8) is 0 Å². The van der Waals surface area contributed by atoms with Gasteiger partial charge in [0.15, 0.2) is 0 Å². The molecule has 1 fully saturated rings. The number of hydrogen-bond acceptors (Lipinski definition) is 3. The zero-order chi connectivity index (χ0) is 26.3. The molecule has 0 bridgehead atoms. The lowest BCUT2D eigenvalue weighted by Crippen LogP contribution is -2.42. The molecule has 3 aliphatic rings. The molecule has 200 valence electrons. The van der Waals surface area contributed by atoms with Gasteiger partial charge in [0.05, 0.1) is 6.17 Å². The molecular formula is C35H45N3. The predicted octanol–water partition coefficient (Wildman–Crippen LogP) is 8.28. The van der Waals surface area contributed by atoms with Crippen molar-refractivity contribution in [1.82, 2.24) is 15.3 Å². The van der Waals surface area contributed by atoms with E-state index in [0.717, 1.165) is 19.4 Å². The van der Waals surface area contributed by atoms with Crippen molar-refractivity contribution in [1.29, 1.82) is 0 Å². The Kier molecular flexibility index (Phi) is 9.11. The first-order valence-electron chi connectivity index (χ1n) is 14.7. The molecule has 5 rings (SSSR count). The molecule has 5 atom stereocenters. The van der Waals surface area contributed by atoms with Gasteiger partial charge in [0, 0.05) is 18.4 Å². The van der Waals surface area contributed by atoms with Crippen molar-refractivity contribution >= 4 is 0 Å². The highest BCUT2D eigenvalue weighted by atomic mass is 15.7. The van der Waals surface area contributed by atoms with Gasteiger partial charge in [-0.25, -0.2) is 10.4 Å². The van der Waals surface area contributed by atoms with Gasteiger partial charge in [-0.15, -0.1) is 0 Å². The Labute approximate surface area is 230 Å². The van der Waals surface area contributed by atoms with Gasteiger partial charge in [0.25, 0.3) is 0 Å². The van der Waals surface area contributed by atoms with Gasteiger partial charge < -0.3 is 0 Å². The van der Waals surface area contributed by atoms with Gasteiger partial charge in [-0.2, -0.15) is 0 Å². The molecule has 0 aromatic heterocycles. The van der Waals surface area contributed by atoms with E-state index in [4.69, 9.17) is 0 Å². The quantitative estimate of drug-likeness (QED) is 0.326. The molecule has 0 radical (unpaired) electrons. The zero-order valence-corrected chi connectivity index (χ0v) is 23.5. The van der Waals surface area contributed by atoms with E-state index in [1.165, 1.54) is 42.4 Å². The molecule has 4 unspecified atom stereocenters. The summed E-state index contributed by atoms with van der Waals surface area (Å²) in [6.45, 7) is 5.58. The van der Waals surface area contributed by atoms with Crippen LogP contribution in [0.25, 0.3) is 0 Å². The standard InChI is InChI=1S/C35H45N3/c1-4-5-8-15-27(2)31-21-14-23-33(25-31)32-22-13-16-28(24-32)26-38-35(30-19-11-7-12-20-30)37(3)34(36-38)29-17-9-6-10-18-29/h6-7,9-14,16-17,19-24,27,29,33-36H,4-5,8,15,18,25-26H2,1-3H3/t27?,29-,33?,34?,35?/m0/s1. The molecule has 2 aliphatic carbocycles. The van der Waals surface area contributed by atoms with Crippen molar-refractivity contribution in [2.45, 2.75) is 77.2 Å². The Balaban J connectivity index is 1.31. The molecule has 3 heteroatoms. The number of rotatable bonds is 10. The van der Waals surface area contributed by atoms with Gasteiger partial charge in [0.2, 0.25) is 0 Å². The molecule has 1 aliphatic heterocycles. The number of hydrogen-bond donors (Lipinski definition) is 1. The smallest absolute Gasteiger partial charge is 0.103 e. The van der Waals surface area contributed by atoms with Crippen LogP contribution >= 0.6 is 0 Å². The van der Waals surface area contributed by atoms with Crippen LogP contribution < -0.4 is 5.43 Å². The third-order valence-electron chi connectivity index (χ3n) is 8.65. The van der Waals surface area contributed by atoms with Crippen LogP contribution in [-0.4, -0.2) is 23.1 Å². The Hall–Kier alpha value is -2.72. The third-order valence-corrected chi connectivity index (χ3v) is 8.65. The molecule has 2 aromatic rings. The van der Waals surface area contributed by atoms with Crippen molar-refractivity contribution in [2.24, 2.45) is 11.8 Å². The van der Waals surface area contributed by atoms with Gasteiger partial charge in [-0.05, 0) is 48.9 Å². The van der Waals surface area contributed by atoms with E-state index in [1.807, 2.05) is 0 Å². The minimum absolute atomic E-state index is 0.192. The SMILES string of the molecule is CCCCCC(C)C1=CC=CC(c2cccc(CN3NC([C@H]4C=CC=CC4)N(C)C3c3ccccc3)c2)C1. The molecule has 1 heterocycles. The number of nitrogens with zero attached hydrogens (tertiary/aromatic N) is 2. The number of allylic oxidation sites excluding steroid dienone is 7. The van der Waals surface area contributed by atoms with Crippen LogP contribution in [0.15, 0.2) is 103 Å². The molecule has 38 heavy (non-hydrogen) atoms. The maximum absolute atomic E-state index is 3.90. The second kappa shape index (κ2) is 12.9. The maximum atomic E-state index is 3.90. The lowest BCUT2D eigenvalue weighted by molar-refractivity contribution is 0.122. The van der Waals surface area contributed by atoms with Gasteiger partial charge in [-0.3, -0.25) is 4.90 Å². The highest BCUT2D eigenvalue weighted by Crippen LogP contribution is 2.37. The van der Waals surface area contributed by atoms with Crippen LogP contribution in [0, 0.1) is 11.8 Å². The number of nitrogens with one attached hydrogen (secondary N) is 1. The Morgan fingerprint density at radius 1 is 0.947 bits per heavy atom. The molecule has 1 saturated heterocycles. The van der Waals surface area contributed by atoms with E-state index in [1.54, 1.807) is 5.57 Å².